The van der Waals surface area contributed by atoms with E-state index in [0.29, 0.717) is 18.9 Å². The van der Waals surface area contributed by atoms with Crippen molar-refractivity contribution in [2.75, 3.05) is 13.2 Å². The lowest BCUT2D eigenvalue weighted by molar-refractivity contribution is -0.136. The molecule has 0 spiro atoms. The van der Waals surface area contributed by atoms with Gasteiger partial charge >= 0.3 is 0 Å². The summed E-state index contributed by atoms with van der Waals surface area (Å²) in [5.41, 5.74) is 5.90. The Kier molecular flexibility index (Phi) is 6.41. The summed E-state index contributed by atoms with van der Waals surface area (Å²) in [6.07, 6.45) is 5.25. The van der Waals surface area contributed by atoms with Crippen LogP contribution in [0, 0.1) is 0 Å². The smallest absolute Gasteiger partial charge is 0.266 e. The molecular formula is C20H25N3O5. The molecule has 2 aliphatic rings. The van der Waals surface area contributed by atoms with Crippen LogP contribution in [-0.2, 0) is 9.59 Å². The quantitative estimate of drug-likeness (QED) is 0.488. The zero-order valence-corrected chi connectivity index (χ0v) is 15.7. The van der Waals surface area contributed by atoms with E-state index in [-0.39, 0.29) is 24.0 Å². The second kappa shape index (κ2) is 8.97. The van der Waals surface area contributed by atoms with Gasteiger partial charge in [0.2, 0.25) is 11.8 Å². The van der Waals surface area contributed by atoms with Crippen LogP contribution in [0.25, 0.3) is 0 Å². The van der Waals surface area contributed by atoms with Crippen LogP contribution in [0.2, 0.25) is 0 Å². The van der Waals surface area contributed by atoms with Crippen LogP contribution < -0.4 is 15.8 Å². The zero-order valence-electron chi connectivity index (χ0n) is 15.7. The van der Waals surface area contributed by atoms with Crippen molar-refractivity contribution in [3.8, 4) is 5.75 Å². The molecule has 2 aliphatic heterocycles. The molecule has 28 heavy (non-hydrogen) atoms. The normalized spacial score (nSPS) is 19.0. The molecule has 2 heterocycles. The fraction of sp³-hybridized carbons (Fsp3) is 0.500. The highest BCUT2D eigenvalue weighted by molar-refractivity contribution is 6.24. The minimum absolute atomic E-state index is 0.0946. The van der Waals surface area contributed by atoms with E-state index in [0.717, 1.165) is 37.0 Å². The molecule has 4 amide bonds. The highest BCUT2D eigenvalue weighted by atomic mass is 16.5. The summed E-state index contributed by atoms with van der Waals surface area (Å²) < 4.78 is 5.77. The molecule has 1 fully saturated rings. The molecule has 0 aliphatic carbocycles. The molecule has 0 radical (unpaired) electrons. The molecule has 3 N–H and O–H groups in total. The number of nitrogens with one attached hydrogen (secondary N) is 1. The van der Waals surface area contributed by atoms with E-state index in [1.54, 1.807) is 18.2 Å². The van der Waals surface area contributed by atoms with E-state index in [1.165, 1.54) is 0 Å². The van der Waals surface area contributed by atoms with Gasteiger partial charge in [-0.25, -0.2) is 0 Å². The largest absolute Gasteiger partial charge is 0.493 e. The van der Waals surface area contributed by atoms with E-state index < -0.39 is 29.7 Å². The van der Waals surface area contributed by atoms with Crippen LogP contribution in [0.5, 0.6) is 5.75 Å². The van der Waals surface area contributed by atoms with Gasteiger partial charge in [-0.3, -0.25) is 29.4 Å². The third kappa shape index (κ3) is 4.06. The Balaban J connectivity index is 1.66. The standard InChI is InChI=1S/C20H25N3O5/c21-11-4-2-1-3-5-12-28-15-8-6-7-13-17(15)20(27)23(19(13)26)14-9-10-16(24)22-18(14)25/h6-8,14H,1-5,9-12,21H2,(H,22,24,25). The van der Waals surface area contributed by atoms with Gasteiger partial charge in [0.25, 0.3) is 11.8 Å². The molecule has 1 aromatic rings. The van der Waals surface area contributed by atoms with Crippen LogP contribution in [0.4, 0.5) is 0 Å². The maximum Gasteiger partial charge on any atom is 0.266 e. The fourth-order valence-electron chi connectivity index (χ4n) is 3.56. The number of hydrogen-bond donors (Lipinski definition) is 2. The second-order valence-corrected chi connectivity index (χ2v) is 7.03. The molecule has 1 aromatic carbocycles. The first-order valence-corrected chi connectivity index (χ1v) is 9.72. The lowest BCUT2D eigenvalue weighted by Gasteiger charge is -2.27. The number of benzene rings is 1. The number of carbonyl (C=O) groups excluding carboxylic acids is 4. The zero-order chi connectivity index (χ0) is 20.1. The highest BCUT2D eigenvalue weighted by Gasteiger charge is 2.45. The molecule has 0 aromatic heterocycles. The van der Waals surface area contributed by atoms with Gasteiger partial charge in [0.15, 0.2) is 0 Å². The highest BCUT2D eigenvalue weighted by Crippen LogP contribution is 2.33. The molecule has 8 heteroatoms. The van der Waals surface area contributed by atoms with Crippen molar-refractivity contribution < 1.29 is 23.9 Å². The maximum absolute atomic E-state index is 12.9. The van der Waals surface area contributed by atoms with E-state index >= 15 is 0 Å². The van der Waals surface area contributed by atoms with Gasteiger partial charge < -0.3 is 10.5 Å². The fourth-order valence-corrected chi connectivity index (χ4v) is 3.56. The number of imide groups is 2. The molecule has 0 saturated carbocycles. The van der Waals surface area contributed by atoms with E-state index in [4.69, 9.17) is 10.5 Å². The van der Waals surface area contributed by atoms with E-state index in [1.807, 2.05) is 0 Å². The lowest BCUT2D eigenvalue weighted by atomic mass is 10.0. The summed E-state index contributed by atoms with van der Waals surface area (Å²) in [4.78, 5) is 50.1. The Morgan fingerprint density at radius 2 is 1.79 bits per heavy atom. The molecule has 1 unspecified atom stereocenters. The van der Waals surface area contributed by atoms with Gasteiger partial charge in [-0.05, 0) is 37.9 Å². The van der Waals surface area contributed by atoms with Crippen LogP contribution in [-0.4, -0.2) is 47.7 Å². The van der Waals surface area contributed by atoms with Crippen LogP contribution in [0.15, 0.2) is 18.2 Å². The second-order valence-electron chi connectivity index (χ2n) is 7.03. The third-order valence-corrected chi connectivity index (χ3v) is 5.04. The number of hydrogen-bond acceptors (Lipinski definition) is 6. The monoisotopic (exact) mass is 387 g/mol. The predicted molar refractivity (Wildman–Crippen MR) is 101 cm³/mol. The number of rotatable bonds is 9. The molecule has 3 rings (SSSR count). The lowest BCUT2D eigenvalue weighted by Crippen LogP contribution is -2.54. The van der Waals surface area contributed by atoms with Crippen molar-refractivity contribution >= 4 is 23.6 Å². The third-order valence-electron chi connectivity index (χ3n) is 5.04. The predicted octanol–water partition coefficient (Wildman–Crippen LogP) is 1.38. The average Bonchev–Trinajstić information content (AvgIpc) is 2.93. The summed E-state index contributed by atoms with van der Waals surface area (Å²) in [6.45, 7) is 1.14. The Morgan fingerprint density at radius 1 is 1.04 bits per heavy atom. The molecular weight excluding hydrogens is 362 g/mol. The summed E-state index contributed by atoms with van der Waals surface area (Å²) >= 11 is 0. The minimum atomic E-state index is -0.972. The SMILES string of the molecule is NCCCCCCCOc1cccc2c1C(=O)N(C1CCC(=O)NC1=O)C2=O. The number of unbranched alkanes of at least 4 members (excludes halogenated alkanes) is 4. The average molecular weight is 387 g/mol. The van der Waals surface area contributed by atoms with Gasteiger partial charge in [-0.1, -0.05) is 25.3 Å². The molecule has 8 nitrogen and oxygen atoms in total. The number of amides is 4. The van der Waals surface area contributed by atoms with Crippen molar-refractivity contribution in [1.29, 1.82) is 0 Å². The first-order chi connectivity index (χ1) is 13.5. The molecule has 1 saturated heterocycles. The Bertz CT molecular complexity index is 792. The molecule has 150 valence electrons. The van der Waals surface area contributed by atoms with Gasteiger partial charge in [0, 0.05) is 6.42 Å². The van der Waals surface area contributed by atoms with Gasteiger partial charge in [0.1, 0.15) is 11.8 Å². The van der Waals surface area contributed by atoms with Crippen LogP contribution in [0.3, 0.4) is 0 Å². The van der Waals surface area contributed by atoms with Gasteiger partial charge in [-0.2, -0.15) is 0 Å². The van der Waals surface area contributed by atoms with E-state index in [9.17, 15) is 19.2 Å². The van der Waals surface area contributed by atoms with Gasteiger partial charge in [-0.15, -0.1) is 0 Å². The molecule has 0 bridgehead atoms. The van der Waals surface area contributed by atoms with Crippen LogP contribution in [0.1, 0.15) is 65.7 Å². The minimum Gasteiger partial charge on any atom is -0.493 e. The number of ether oxygens (including phenoxy) is 1. The number of fused-ring (bicyclic) bond motifs is 1. The Morgan fingerprint density at radius 3 is 2.54 bits per heavy atom. The number of carbonyl (C=O) groups is 4. The summed E-state index contributed by atoms with van der Waals surface area (Å²) in [7, 11) is 0. The Hall–Kier alpha value is -2.74. The first-order valence-electron chi connectivity index (χ1n) is 9.72. The number of nitrogens with two attached hydrogens (primary N) is 1. The summed E-state index contributed by atoms with van der Waals surface area (Å²) in [5.74, 6) is -1.73. The van der Waals surface area contributed by atoms with Crippen molar-refractivity contribution in [3.05, 3.63) is 29.3 Å². The van der Waals surface area contributed by atoms with Crippen molar-refractivity contribution in [2.45, 2.75) is 51.0 Å². The van der Waals surface area contributed by atoms with Crippen molar-refractivity contribution in [1.82, 2.24) is 10.2 Å². The number of nitrogens with zero attached hydrogens (tertiary/aromatic N) is 1. The summed E-state index contributed by atoms with van der Waals surface area (Å²) in [5, 5.41) is 2.19. The molecule has 1 atom stereocenters. The summed E-state index contributed by atoms with van der Waals surface area (Å²) in [6, 6.07) is 3.91. The van der Waals surface area contributed by atoms with Crippen molar-refractivity contribution in [2.24, 2.45) is 5.73 Å². The van der Waals surface area contributed by atoms with E-state index in [2.05, 4.69) is 5.32 Å². The van der Waals surface area contributed by atoms with Gasteiger partial charge in [0.05, 0.1) is 17.7 Å². The Labute approximate surface area is 163 Å². The van der Waals surface area contributed by atoms with Crippen LogP contribution >= 0.6 is 0 Å². The first kappa shape index (κ1) is 20.0. The maximum atomic E-state index is 12.9. The van der Waals surface area contributed by atoms with Crippen molar-refractivity contribution in [3.63, 3.8) is 0 Å². The number of piperidine rings is 1. The topological polar surface area (TPSA) is 119 Å².